The molecule has 0 spiro atoms. The number of nitrogens with one attached hydrogen (secondary N) is 1. The number of amides is 2. The molecule has 2 N–H and O–H groups in total. The molecule has 0 saturated carbocycles. The van der Waals surface area contributed by atoms with Gasteiger partial charge in [-0.1, -0.05) is 35.4 Å². The summed E-state index contributed by atoms with van der Waals surface area (Å²) in [5, 5.41) is 14.3. The summed E-state index contributed by atoms with van der Waals surface area (Å²) in [5.74, 6) is 0.176. The maximum Gasteiger partial charge on any atom is 0.409 e. The lowest BCUT2D eigenvalue weighted by atomic mass is 9.74. The number of hydrogen-bond donors (Lipinski definition) is 2. The average molecular weight is 547 g/mol. The first-order valence-corrected chi connectivity index (χ1v) is 12.8. The van der Waals surface area contributed by atoms with Crippen LogP contribution in [0, 0.1) is 0 Å². The van der Waals surface area contributed by atoms with Gasteiger partial charge in [-0.25, -0.2) is 4.79 Å². The number of carbonyl (C=O) groups is 2. The van der Waals surface area contributed by atoms with Crippen LogP contribution in [0.1, 0.15) is 39.2 Å². The molecule has 1 aromatic rings. The molecule has 4 aliphatic heterocycles. The van der Waals surface area contributed by atoms with Crippen molar-refractivity contribution in [2.24, 2.45) is 0 Å². The Bertz CT molecular complexity index is 1200. The van der Waals surface area contributed by atoms with E-state index in [2.05, 4.69) is 5.32 Å². The first-order valence-electron chi connectivity index (χ1n) is 12.4. The van der Waals surface area contributed by atoms with Gasteiger partial charge < -0.3 is 29.0 Å². The highest BCUT2D eigenvalue weighted by molar-refractivity contribution is 6.35. The lowest BCUT2D eigenvalue weighted by Gasteiger charge is -2.56. The number of aliphatic hydroxyl groups is 1. The number of benzene rings is 1. The molecule has 4 aliphatic rings. The molecule has 5 rings (SSSR count). The van der Waals surface area contributed by atoms with Crippen molar-refractivity contribution in [3.8, 4) is 5.75 Å². The summed E-state index contributed by atoms with van der Waals surface area (Å²) in [6.07, 6.45) is 7.23. The molecular weight excluding hydrogens is 512 g/mol. The summed E-state index contributed by atoms with van der Waals surface area (Å²) in [5.41, 5.74) is -0.929. The van der Waals surface area contributed by atoms with Crippen molar-refractivity contribution in [1.82, 2.24) is 5.32 Å². The van der Waals surface area contributed by atoms with Crippen LogP contribution < -0.4 is 15.0 Å². The molecule has 1 unspecified atom stereocenters. The van der Waals surface area contributed by atoms with Gasteiger partial charge in [0.15, 0.2) is 5.72 Å². The molecule has 9 nitrogen and oxygen atoms in total. The maximum atomic E-state index is 13.1. The molecule has 0 aliphatic carbocycles. The number of halogens is 1. The fourth-order valence-corrected chi connectivity index (χ4v) is 5.79. The van der Waals surface area contributed by atoms with E-state index in [0.29, 0.717) is 29.3 Å². The predicted molar refractivity (Wildman–Crippen MR) is 143 cm³/mol. The molecule has 1 aromatic carbocycles. The van der Waals surface area contributed by atoms with Gasteiger partial charge in [0.25, 0.3) is 5.91 Å². The van der Waals surface area contributed by atoms with E-state index < -0.39 is 35.2 Å². The van der Waals surface area contributed by atoms with Crippen molar-refractivity contribution in [2.75, 3.05) is 26.2 Å². The van der Waals surface area contributed by atoms with Crippen molar-refractivity contribution in [1.29, 1.82) is 0 Å². The Balaban J connectivity index is 1.76. The third-order valence-electron chi connectivity index (χ3n) is 7.36. The molecule has 0 aromatic heterocycles. The first-order chi connectivity index (χ1) is 17.8. The third-order valence-corrected chi connectivity index (χ3v) is 7.74. The minimum atomic E-state index is -1.71. The van der Waals surface area contributed by atoms with Crippen molar-refractivity contribution in [3.63, 3.8) is 0 Å². The van der Waals surface area contributed by atoms with E-state index in [9.17, 15) is 14.7 Å². The van der Waals surface area contributed by atoms with Crippen LogP contribution >= 0.6 is 11.6 Å². The predicted octanol–water partition coefficient (Wildman–Crippen LogP) is 4.07. The molecule has 206 valence electrons. The molecule has 0 radical (unpaired) electrons. The Morgan fingerprint density at radius 2 is 1.95 bits per heavy atom. The standard InChI is InChI=1S/C28H35ClN2O7/c1-17-8-7-9-21(36-6)28(34)15-22(37-25(33)30-28)27(3)16-26(2,38-27)11-10-23(32)31(4)19-13-18(12-17)14-20(35-5)24(19)29/h7-11,13-14,21-22,34H,12,15-16H2,1-6H3,(H,30,33)/b9-7+,11-10+,17-8+/t21-,22+,26+,27?,28+/m1/s1. The Labute approximate surface area is 228 Å². The number of methoxy groups -OCH3 is 2. The summed E-state index contributed by atoms with van der Waals surface area (Å²) in [4.78, 5) is 27.1. The van der Waals surface area contributed by atoms with E-state index in [0.717, 1.165) is 11.1 Å². The maximum absolute atomic E-state index is 13.1. The zero-order valence-corrected chi connectivity index (χ0v) is 23.3. The Hall–Kier alpha value is -2.85. The van der Waals surface area contributed by atoms with E-state index in [1.54, 1.807) is 25.3 Å². The minimum absolute atomic E-state index is 0.0480. The van der Waals surface area contributed by atoms with Crippen LogP contribution in [0.15, 0.2) is 48.1 Å². The van der Waals surface area contributed by atoms with Gasteiger partial charge in [0.1, 0.15) is 28.6 Å². The van der Waals surface area contributed by atoms with Gasteiger partial charge in [0.2, 0.25) is 0 Å². The summed E-state index contributed by atoms with van der Waals surface area (Å²) in [7, 11) is 4.65. The van der Waals surface area contributed by atoms with Crippen molar-refractivity contribution >= 4 is 29.3 Å². The largest absolute Gasteiger partial charge is 0.495 e. The lowest BCUT2D eigenvalue weighted by molar-refractivity contribution is -0.286. The molecule has 2 fully saturated rings. The molecule has 6 bridgehead atoms. The second-order valence-corrected chi connectivity index (χ2v) is 11.0. The van der Waals surface area contributed by atoms with Gasteiger partial charge in [-0.3, -0.25) is 10.1 Å². The Kier molecular flexibility index (Phi) is 7.69. The van der Waals surface area contributed by atoms with E-state index >= 15 is 0 Å². The molecule has 10 heteroatoms. The molecule has 5 atom stereocenters. The van der Waals surface area contributed by atoms with E-state index in [-0.39, 0.29) is 12.3 Å². The molecule has 2 saturated heterocycles. The minimum Gasteiger partial charge on any atom is -0.495 e. The first kappa shape index (κ1) is 28.2. The van der Waals surface area contributed by atoms with Crippen LogP contribution in [0.2, 0.25) is 5.02 Å². The summed E-state index contributed by atoms with van der Waals surface area (Å²) >= 11 is 6.58. The molecule has 38 heavy (non-hydrogen) atoms. The van der Waals surface area contributed by atoms with Gasteiger partial charge in [-0.2, -0.15) is 0 Å². The Morgan fingerprint density at radius 1 is 1.24 bits per heavy atom. The second kappa shape index (κ2) is 10.4. The van der Waals surface area contributed by atoms with Crippen LogP contribution in [-0.4, -0.2) is 67.5 Å². The average Bonchev–Trinajstić information content (AvgIpc) is 2.83. The Morgan fingerprint density at radius 3 is 2.61 bits per heavy atom. The zero-order valence-electron chi connectivity index (χ0n) is 22.5. The lowest BCUT2D eigenvalue weighted by Crippen LogP contribution is -2.70. The zero-order chi connectivity index (χ0) is 27.9. The highest BCUT2D eigenvalue weighted by atomic mass is 35.5. The number of hydrogen-bond acceptors (Lipinski definition) is 7. The van der Waals surface area contributed by atoms with Crippen molar-refractivity contribution in [2.45, 2.75) is 69.2 Å². The number of fused-ring (bicyclic) bond motifs is 5. The number of carbonyl (C=O) groups excluding carboxylic acids is 2. The number of allylic oxidation sites excluding steroid dienone is 3. The fraction of sp³-hybridized carbons (Fsp3) is 0.500. The van der Waals surface area contributed by atoms with E-state index in [4.69, 9.17) is 30.5 Å². The van der Waals surface area contributed by atoms with Crippen LogP contribution in [0.5, 0.6) is 5.75 Å². The molecular formula is C28H35ClN2O7. The topological polar surface area (TPSA) is 107 Å². The smallest absolute Gasteiger partial charge is 0.409 e. The van der Waals surface area contributed by atoms with Gasteiger partial charge in [0.05, 0.1) is 18.4 Å². The van der Waals surface area contributed by atoms with Crippen LogP contribution in [0.25, 0.3) is 0 Å². The summed E-state index contributed by atoms with van der Waals surface area (Å²) in [6, 6.07) is 3.70. The summed E-state index contributed by atoms with van der Waals surface area (Å²) < 4.78 is 22.8. The second-order valence-electron chi connectivity index (χ2n) is 10.6. The number of nitrogens with zero attached hydrogens (tertiary/aromatic N) is 1. The SMILES string of the molecule is COc1cc2cc(c1Cl)N(C)C(=O)/C=C/[C@@]1(C)CC(C)(O1)[C@@H]1C[C@@](O)(NC(=O)O1)[C@H](OC)/C=C/C=C(\C)C2. The van der Waals surface area contributed by atoms with Crippen LogP contribution in [-0.2, 0) is 25.4 Å². The number of ether oxygens (including phenoxy) is 4. The number of anilines is 1. The monoisotopic (exact) mass is 546 g/mol. The molecule has 2 amide bonds. The highest BCUT2D eigenvalue weighted by Gasteiger charge is 2.59. The normalized spacial score (nSPS) is 36.7. The number of rotatable bonds is 2. The summed E-state index contributed by atoms with van der Waals surface area (Å²) in [6.45, 7) is 5.63. The van der Waals surface area contributed by atoms with Crippen LogP contribution in [0.3, 0.4) is 0 Å². The number of alkyl carbamates (subject to hydrolysis) is 1. The van der Waals surface area contributed by atoms with Crippen molar-refractivity contribution in [3.05, 3.63) is 58.7 Å². The van der Waals surface area contributed by atoms with Gasteiger partial charge in [-0.05, 0) is 51.0 Å². The van der Waals surface area contributed by atoms with Gasteiger partial charge >= 0.3 is 6.09 Å². The quantitative estimate of drug-likeness (QED) is 0.576. The fourth-order valence-electron chi connectivity index (χ4n) is 5.48. The number of likely N-dealkylation sites (N-methyl/N-ethyl adjacent to an activating group) is 1. The highest BCUT2D eigenvalue weighted by Crippen LogP contribution is 2.48. The van der Waals surface area contributed by atoms with E-state index in [1.807, 2.05) is 39.0 Å². The van der Waals surface area contributed by atoms with Gasteiger partial charge in [-0.15, -0.1) is 0 Å². The van der Waals surface area contributed by atoms with Gasteiger partial charge in [0, 0.05) is 33.1 Å². The van der Waals surface area contributed by atoms with E-state index in [1.165, 1.54) is 25.2 Å². The molecule has 4 heterocycles. The third kappa shape index (κ3) is 5.47. The van der Waals surface area contributed by atoms with Crippen LogP contribution in [0.4, 0.5) is 10.5 Å². The van der Waals surface area contributed by atoms with Crippen molar-refractivity contribution < 1.29 is 33.6 Å².